The van der Waals surface area contributed by atoms with Crippen LogP contribution in [-0.4, -0.2) is 12.9 Å². The normalized spacial score (nSPS) is 12.6. The molecule has 4 nitrogen and oxygen atoms in total. The van der Waals surface area contributed by atoms with E-state index in [-0.39, 0.29) is 5.84 Å². The molecule has 0 aliphatic rings. The lowest BCUT2D eigenvalue weighted by atomic mass is 10.7. The first-order valence-electron chi connectivity index (χ1n) is 2.04. The predicted octanol–water partition coefficient (Wildman–Crippen LogP) is 0.876. The highest BCUT2D eigenvalue weighted by Crippen LogP contribution is 1.78. The molecule has 1 N–H and O–H groups in total. The average Bonchev–Trinajstić information content (AvgIpc) is 1.68. The summed E-state index contributed by atoms with van der Waals surface area (Å²) in [4.78, 5) is 0. The van der Waals surface area contributed by atoms with E-state index in [1.54, 1.807) is 7.05 Å². The molecule has 0 saturated heterocycles. The van der Waals surface area contributed by atoms with Gasteiger partial charge in [0.25, 0.3) is 0 Å². The van der Waals surface area contributed by atoms with Crippen molar-refractivity contribution in [1.29, 1.82) is 0 Å². The fraction of sp³-hybridized carbons (Fsp3) is 0.667. The smallest absolute Gasteiger partial charge is 0.170 e. The molecule has 0 atom stereocenters. The van der Waals surface area contributed by atoms with Crippen molar-refractivity contribution in [2.45, 2.75) is 6.92 Å². The highest BCUT2D eigenvalue weighted by atomic mass is 19.2. The van der Waals surface area contributed by atoms with E-state index in [9.17, 15) is 4.48 Å². The van der Waals surface area contributed by atoms with Gasteiger partial charge < -0.3 is 5.43 Å². The van der Waals surface area contributed by atoms with E-state index in [0.717, 1.165) is 0 Å². The maximum Gasteiger partial charge on any atom is 0.170 e. The highest BCUT2D eigenvalue weighted by Gasteiger charge is 1.79. The SMILES string of the molecule is CNN=C(C)N=NF. The van der Waals surface area contributed by atoms with E-state index in [1.807, 2.05) is 5.34 Å². The van der Waals surface area contributed by atoms with Crippen LogP contribution in [0.2, 0.25) is 0 Å². The largest absolute Gasteiger partial charge is 0.311 e. The van der Waals surface area contributed by atoms with Crippen molar-refractivity contribution in [3.63, 3.8) is 0 Å². The first kappa shape index (κ1) is 7.00. The Bertz CT molecular complexity index is 108. The molecule has 0 heterocycles. The van der Waals surface area contributed by atoms with Crippen LogP contribution in [0.1, 0.15) is 6.92 Å². The van der Waals surface area contributed by atoms with Crippen LogP contribution in [0.25, 0.3) is 0 Å². The molecule has 0 aromatic heterocycles. The van der Waals surface area contributed by atoms with Gasteiger partial charge in [-0.15, -0.1) is 5.11 Å². The van der Waals surface area contributed by atoms with Gasteiger partial charge in [-0.05, 0) is 6.92 Å². The minimum atomic E-state index is 0.259. The maximum absolute atomic E-state index is 10.9. The third-order valence-corrected chi connectivity index (χ3v) is 0.456. The summed E-state index contributed by atoms with van der Waals surface area (Å²) in [5, 5.41) is 8.45. The molecule has 8 heavy (non-hydrogen) atoms. The van der Waals surface area contributed by atoms with E-state index in [4.69, 9.17) is 0 Å². The second kappa shape index (κ2) is 4.17. The van der Waals surface area contributed by atoms with Gasteiger partial charge in [0, 0.05) is 12.4 Å². The Hall–Kier alpha value is -1.00. The number of rotatable bonds is 1. The van der Waals surface area contributed by atoms with Gasteiger partial charge >= 0.3 is 0 Å². The second-order valence-electron chi connectivity index (χ2n) is 1.06. The molecule has 0 radical (unpaired) electrons. The Morgan fingerprint density at radius 3 is 2.62 bits per heavy atom. The number of hydrogen-bond acceptors (Lipinski definition) is 3. The molecule has 0 spiro atoms. The van der Waals surface area contributed by atoms with Crippen molar-refractivity contribution in [3.05, 3.63) is 0 Å². The molecule has 0 aromatic carbocycles. The molecule has 0 aliphatic carbocycles. The molecule has 0 aromatic rings. The van der Waals surface area contributed by atoms with Crippen LogP contribution in [0.5, 0.6) is 0 Å². The Morgan fingerprint density at radius 2 is 2.25 bits per heavy atom. The first-order chi connectivity index (χ1) is 3.81. The lowest BCUT2D eigenvalue weighted by Gasteiger charge is -1.84. The molecule has 5 heteroatoms. The fourth-order valence-corrected chi connectivity index (χ4v) is 0.239. The lowest BCUT2D eigenvalue weighted by molar-refractivity contribution is 0.495. The number of nitrogens with one attached hydrogen (secondary N) is 1. The topological polar surface area (TPSA) is 49.1 Å². The van der Waals surface area contributed by atoms with Crippen molar-refractivity contribution < 1.29 is 4.48 Å². The van der Waals surface area contributed by atoms with Gasteiger partial charge in [0.15, 0.2) is 5.84 Å². The minimum absolute atomic E-state index is 0.259. The Labute approximate surface area is 46.4 Å². The van der Waals surface area contributed by atoms with E-state index < -0.39 is 0 Å². The molecular weight excluding hydrogens is 111 g/mol. The summed E-state index contributed by atoms with van der Waals surface area (Å²) in [6, 6.07) is 0. The van der Waals surface area contributed by atoms with Crippen LogP contribution >= 0.6 is 0 Å². The molecule has 0 fully saturated rings. The van der Waals surface area contributed by atoms with Crippen LogP contribution in [-0.2, 0) is 0 Å². The quantitative estimate of drug-likeness (QED) is 0.236. The maximum atomic E-state index is 10.9. The van der Waals surface area contributed by atoms with Crippen molar-refractivity contribution in [3.8, 4) is 0 Å². The molecule has 0 rings (SSSR count). The number of nitrogens with zero attached hydrogens (tertiary/aromatic N) is 3. The molecule has 0 amide bonds. The van der Waals surface area contributed by atoms with Crippen molar-refractivity contribution in [2.24, 2.45) is 15.6 Å². The van der Waals surface area contributed by atoms with Crippen LogP contribution in [0, 0.1) is 0 Å². The standard InChI is InChI=1S/C3H7FN4/c1-3(6-5-2)7-8-4/h5H,1-2H3. The first-order valence-corrected chi connectivity index (χ1v) is 2.04. The van der Waals surface area contributed by atoms with Crippen molar-refractivity contribution >= 4 is 5.84 Å². The second-order valence-corrected chi connectivity index (χ2v) is 1.06. The number of amidine groups is 1. The summed E-state index contributed by atoms with van der Waals surface area (Å²) in [6.07, 6.45) is 0. The summed E-state index contributed by atoms with van der Waals surface area (Å²) < 4.78 is 10.9. The van der Waals surface area contributed by atoms with Gasteiger partial charge in [-0.3, -0.25) is 0 Å². The molecule has 0 bridgehead atoms. The molecular formula is C3H7FN4. The van der Waals surface area contributed by atoms with Crippen molar-refractivity contribution in [2.75, 3.05) is 7.05 Å². The third kappa shape index (κ3) is 3.20. The summed E-state index contributed by atoms with van der Waals surface area (Å²) in [5.41, 5.74) is 2.42. The van der Waals surface area contributed by atoms with Crippen LogP contribution < -0.4 is 5.43 Å². The van der Waals surface area contributed by atoms with E-state index >= 15 is 0 Å². The Kier molecular flexibility index (Phi) is 3.65. The fourth-order valence-electron chi connectivity index (χ4n) is 0.239. The molecule has 46 valence electrons. The zero-order valence-electron chi connectivity index (χ0n) is 4.72. The van der Waals surface area contributed by atoms with Gasteiger partial charge in [-0.2, -0.15) is 5.10 Å². The van der Waals surface area contributed by atoms with E-state index in [2.05, 4.69) is 15.6 Å². The Balaban J connectivity index is 3.61. The zero-order valence-corrected chi connectivity index (χ0v) is 4.72. The van der Waals surface area contributed by atoms with Crippen LogP contribution in [0.3, 0.4) is 0 Å². The molecule has 0 unspecified atom stereocenters. The summed E-state index contributed by atoms with van der Waals surface area (Å²) in [7, 11) is 1.59. The van der Waals surface area contributed by atoms with Gasteiger partial charge in [-0.1, -0.05) is 4.48 Å². The summed E-state index contributed by atoms with van der Waals surface area (Å²) in [6.45, 7) is 1.53. The predicted molar refractivity (Wildman–Crippen MR) is 28.1 cm³/mol. The number of hydrazone groups is 1. The van der Waals surface area contributed by atoms with Gasteiger partial charge in [-0.25, -0.2) is 0 Å². The van der Waals surface area contributed by atoms with E-state index in [1.165, 1.54) is 6.92 Å². The Morgan fingerprint density at radius 1 is 1.62 bits per heavy atom. The third-order valence-electron chi connectivity index (χ3n) is 0.456. The van der Waals surface area contributed by atoms with Gasteiger partial charge in [0.2, 0.25) is 0 Å². The van der Waals surface area contributed by atoms with Crippen LogP contribution in [0.4, 0.5) is 4.48 Å². The number of hydrogen-bond donors (Lipinski definition) is 1. The van der Waals surface area contributed by atoms with Gasteiger partial charge in [0.1, 0.15) is 0 Å². The van der Waals surface area contributed by atoms with Crippen molar-refractivity contribution in [1.82, 2.24) is 5.43 Å². The minimum Gasteiger partial charge on any atom is -0.311 e. The molecule has 0 saturated carbocycles. The summed E-state index contributed by atoms with van der Waals surface area (Å²) >= 11 is 0. The van der Waals surface area contributed by atoms with Gasteiger partial charge in [0.05, 0.1) is 0 Å². The highest BCUT2D eigenvalue weighted by molar-refractivity contribution is 5.79. The molecule has 0 aliphatic heterocycles. The van der Waals surface area contributed by atoms with E-state index in [0.29, 0.717) is 0 Å². The monoisotopic (exact) mass is 118 g/mol. The average molecular weight is 118 g/mol. The lowest BCUT2D eigenvalue weighted by Crippen LogP contribution is -1.97. The zero-order chi connectivity index (χ0) is 6.41. The van der Waals surface area contributed by atoms with Crippen LogP contribution in [0.15, 0.2) is 15.6 Å². The summed E-state index contributed by atoms with van der Waals surface area (Å²) in [5.74, 6) is 0.259. The number of halogens is 1.